The number of carbonyl (C=O) groups excluding carboxylic acids is 1. The fourth-order valence-electron chi connectivity index (χ4n) is 3.24. The number of carbonyl (C=O) groups is 2. The van der Waals surface area contributed by atoms with E-state index in [1.807, 2.05) is 24.6 Å². The summed E-state index contributed by atoms with van der Waals surface area (Å²) < 4.78 is 1.85. The molecule has 5 nitrogen and oxygen atoms in total. The molecule has 1 saturated carbocycles. The molecule has 0 unspecified atom stereocenters. The lowest BCUT2D eigenvalue weighted by Crippen LogP contribution is -2.40. The van der Waals surface area contributed by atoms with E-state index < -0.39 is 5.97 Å². The van der Waals surface area contributed by atoms with Crippen molar-refractivity contribution in [3.63, 3.8) is 0 Å². The van der Waals surface area contributed by atoms with Crippen molar-refractivity contribution >= 4 is 11.9 Å². The maximum atomic E-state index is 12.3. The van der Waals surface area contributed by atoms with Crippen LogP contribution in [0.25, 0.3) is 0 Å². The molecule has 116 valence electrons. The van der Waals surface area contributed by atoms with Crippen LogP contribution in [0.2, 0.25) is 0 Å². The van der Waals surface area contributed by atoms with Gasteiger partial charge in [-0.15, -0.1) is 0 Å². The van der Waals surface area contributed by atoms with Gasteiger partial charge in [0.05, 0.1) is 6.42 Å². The van der Waals surface area contributed by atoms with Gasteiger partial charge < -0.3 is 15.0 Å². The summed E-state index contributed by atoms with van der Waals surface area (Å²) in [6, 6.07) is 3.71. The predicted molar refractivity (Wildman–Crippen MR) is 80.3 cm³/mol. The van der Waals surface area contributed by atoms with Crippen molar-refractivity contribution in [3.8, 4) is 0 Å². The maximum Gasteiger partial charge on any atom is 0.303 e. The van der Waals surface area contributed by atoms with E-state index in [9.17, 15) is 9.59 Å². The Labute approximate surface area is 125 Å². The second kappa shape index (κ2) is 6.33. The summed E-state index contributed by atoms with van der Waals surface area (Å²) in [5, 5.41) is 12.1. The SMILES string of the molecule is Cc1ccc(C(=O)NCC2(CC(=O)O)CCCCC2)n1C. The second-order valence-corrected chi connectivity index (χ2v) is 6.23. The molecule has 2 N–H and O–H groups in total. The van der Waals surface area contributed by atoms with Gasteiger partial charge in [0.2, 0.25) is 0 Å². The first kappa shape index (κ1) is 15.6. The number of amides is 1. The Morgan fingerprint density at radius 1 is 1.29 bits per heavy atom. The van der Waals surface area contributed by atoms with Crippen LogP contribution in [0.15, 0.2) is 12.1 Å². The minimum Gasteiger partial charge on any atom is -0.481 e. The molecule has 1 aromatic rings. The van der Waals surface area contributed by atoms with Crippen LogP contribution in [-0.2, 0) is 11.8 Å². The predicted octanol–water partition coefficient (Wildman–Crippen LogP) is 2.49. The Hall–Kier alpha value is -1.78. The van der Waals surface area contributed by atoms with Gasteiger partial charge in [0.25, 0.3) is 5.91 Å². The van der Waals surface area contributed by atoms with Crippen LogP contribution in [-0.4, -0.2) is 28.1 Å². The van der Waals surface area contributed by atoms with Gasteiger partial charge in [0, 0.05) is 19.3 Å². The van der Waals surface area contributed by atoms with Crippen molar-refractivity contribution in [2.75, 3.05) is 6.54 Å². The Bertz CT molecular complexity index is 528. The summed E-state index contributed by atoms with van der Waals surface area (Å²) in [7, 11) is 1.86. The third-order valence-corrected chi connectivity index (χ3v) is 4.67. The lowest BCUT2D eigenvalue weighted by atomic mass is 9.71. The molecule has 0 bridgehead atoms. The Morgan fingerprint density at radius 3 is 2.48 bits per heavy atom. The Morgan fingerprint density at radius 2 is 1.95 bits per heavy atom. The number of aliphatic carboxylic acids is 1. The Balaban J connectivity index is 2.03. The molecule has 0 saturated heterocycles. The molecule has 0 radical (unpaired) electrons. The molecule has 0 aliphatic heterocycles. The van der Waals surface area contributed by atoms with Crippen LogP contribution in [0.1, 0.15) is 54.7 Å². The van der Waals surface area contributed by atoms with Crippen molar-refractivity contribution in [2.24, 2.45) is 12.5 Å². The zero-order valence-electron chi connectivity index (χ0n) is 12.8. The lowest BCUT2D eigenvalue weighted by Gasteiger charge is -2.36. The standard InChI is InChI=1S/C16H24N2O3/c1-12-6-7-13(18(12)2)15(21)17-11-16(10-14(19)20)8-4-3-5-9-16/h6-7H,3-5,8-11H2,1-2H3,(H,17,21)(H,19,20). The van der Waals surface area contributed by atoms with E-state index >= 15 is 0 Å². The largest absolute Gasteiger partial charge is 0.481 e. The number of nitrogens with one attached hydrogen (secondary N) is 1. The number of nitrogens with zero attached hydrogens (tertiary/aromatic N) is 1. The molecular weight excluding hydrogens is 268 g/mol. The van der Waals surface area contributed by atoms with Crippen LogP contribution in [0.3, 0.4) is 0 Å². The normalized spacial score (nSPS) is 17.4. The fourth-order valence-corrected chi connectivity index (χ4v) is 3.24. The summed E-state index contributed by atoms with van der Waals surface area (Å²) in [5.74, 6) is -0.901. The van der Waals surface area contributed by atoms with E-state index in [-0.39, 0.29) is 17.7 Å². The first-order valence-corrected chi connectivity index (χ1v) is 7.56. The average Bonchev–Trinajstić information content (AvgIpc) is 2.77. The van der Waals surface area contributed by atoms with Crippen molar-refractivity contribution in [1.29, 1.82) is 0 Å². The molecule has 1 aliphatic carbocycles. The van der Waals surface area contributed by atoms with E-state index in [1.165, 1.54) is 0 Å². The van der Waals surface area contributed by atoms with E-state index in [0.717, 1.165) is 37.8 Å². The number of hydrogen-bond donors (Lipinski definition) is 2. The van der Waals surface area contributed by atoms with Crippen molar-refractivity contribution in [3.05, 3.63) is 23.5 Å². The minimum absolute atomic E-state index is 0.124. The number of rotatable bonds is 5. The zero-order chi connectivity index (χ0) is 15.5. The number of carboxylic acid groups (broad SMARTS) is 1. The highest BCUT2D eigenvalue weighted by molar-refractivity contribution is 5.92. The van der Waals surface area contributed by atoms with Crippen LogP contribution >= 0.6 is 0 Å². The van der Waals surface area contributed by atoms with Crippen LogP contribution in [0.4, 0.5) is 0 Å². The van der Waals surface area contributed by atoms with Gasteiger partial charge in [-0.1, -0.05) is 19.3 Å². The van der Waals surface area contributed by atoms with E-state index in [1.54, 1.807) is 6.07 Å². The van der Waals surface area contributed by atoms with Crippen molar-refractivity contribution in [2.45, 2.75) is 45.4 Å². The van der Waals surface area contributed by atoms with Crippen molar-refractivity contribution < 1.29 is 14.7 Å². The summed E-state index contributed by atoms with van der Waals surface area (Å²) in [5.41, 5.74) is 1.37. The molecule has 1 fully saturated rings. The average molecular weight is 292 g/mol. The fraction of sp³-hybridized carbons (Fsp3) is 0.625. The Kier molecular flexibility index (Phi) is 4.70. The molecule has 0 atom stereocenters. The summed E-state index contributed by atoms with van der Waals surface area (Å²) in [6.07, 6.45) is 5.15. The quantitative estimate of drug-likeness (QED) is 0.876. The number of aryl methyl sites for hydroxylation is 1. The van der Waals surface area contributed by atoms with E-state index in [0.29, 0.717) is 12.2 Å². The topological polar surface area (TPSA) is 71.3 Å². The molecule has 1 aliphatic rings. The minimum atomic E-state index is -0.777. The maximum absolute atomic E-state index is 12.3. The molecule has 5 heteroatoms. The lowest BCUT2D eigenvalue weighted by molar-refractivity contribution is -0.140. The molecular formula is C16H24N2O3. The highest BCUT2D eigenvalue weighted by atomic mass is 16.4. The van der Waals surface area contributed by atoms with Crippen LogP contribution in [0.5, 0.6) is 0 Å². The van der Waals surface area contributed by atoms with Gasteiger partial charge in [-0.2, -0.15) is 0 Å². The molecule has 1 aromatic heterocycles. The van der Waals surface area contributed by atoms with Crippen LogP contribution < -0.4 is 5.32 Å². The molecule has 1 heterocycles. The van der Waals surface area contributed by atoms with Gasteiger partial charge in [0.15, 0.2) is 0 Å². The van der Waals surface area contributed by atoms with Gasteiger partial charge in [-0.3, -0.25) is 9.59 Å². The van der Waals surface area contributed by atoms with E-state index in [2.05, 4.69) is 5.32 Å². The van der Waals surface area contributed by atoms with E-state index in [4.69, 9.17) is 5.11 Å². The summed E-state index contributed by atoms with van der Waals surface area (Å²) in [4.78, 5) is 23.4. The first-order valence-electron chi connectivity index (χ1n) is 7.56. The highest BCUT2D eigenvalue weighted by Gasteiger charge is 2.34. The second-order valence-electron chi connectivity index (χ2n) is 6.23. The van der Waals surface area contributed by atoms with Crippen LogP contribution in [0, 0.1) is 12.3 Å². The summed E-state index contributed by atoms with van der Waals surface area (Å²) >= 11 is 0. The van der Waals surface area contributed by atoms with Gasteiger partial charge in [-0.25, -0.2) is 0 Å². The number of hydrogen-bond acceptors (Lipinski definition) is 2. The first-order chi connectivity index (χ1) is 9.93. The van der Waals surface area contributed by atoms with Gasteiger partial charge in [-0.05, 0) is 37.3 Å². The third kappa shape index (κ3) is 3.65. The third-order valence-electron chi connectivity index (χ3n) is 4.67. The number of carboxylic acids is 1. The monoisotopic (exact) mass is 292 g/mol. The molecule has 0 aromatic carbocycles. The molecule has 1 amide bonds. The number of aromatic nitrogens is 1. The molecule has 0 spiro atoms. The zero-order valence-corrected chi connectivity index (χ0v) is 12.8. The van der Waals surface area contributed by atoms with Crippen molar-refractivity contribution in [1.82, 2.24) is 9.88 Å². The highest BCUT2D eigenvalue weighted by Crippen LogP contribution is 2.38. The molecule has 21 heavy (non-hydrogen) atoms. The smallest absolute Gasteiger partial charge is 0.303 e. The summed E-state index contributed by atoms with van der Waals surface area (Å²) in [6.45, 7) is 2.40. The molecule has 2 rings (SSSR count). The van der Waals surface area contributed by atoms with Gasteiger partial charge in [0.1, 0.15) is 5.69 Å². The van der Waals surface area contributed by atoms with Gasteiger partial charge >= 0.3 is 5.97 Å².